The van der Waals surface area contributed by atoms with Gasteiger partial charge in [-0.15, -0.1) is 0 Å². The molecule has 2 aromatic rings. The maximum atomic E-state index is 12.5. The first kappa shape index (κ1) is 12.2. The topological polar surface area (TPSA) is 46.3 Å². The third kappa shape index (κ3) is 2.24. The van der Waals surface area contributed by atoms with Crippen molar-refractivity contribution in [2.24, 2.45) is 0 Å². The van der Waals surface area contributed by atoms with Crippen molar-refractivity contribution in [3.05, 3.63) is 63.6 Å². The summed E-state index contributed by atoms with van der Waals surface area (Å²) in [5, 5.41) is 0. The Morgan fingerprint density at radius 3 is 2.37 bits per heavy atom. The van der Waals surface area contributed by atoms with Gasteiger partial charge < -0.3 is 10.6 Å². The summed E-state index contributed by atoms with van der Waals surface area (Å²) >= 11 is 3.41. The van der Waals surface area contributed by atoms with Crippen LogP contribution in [0, 0.1) is 0 Å². The molecular formula is C15H13BrN2O. The largest absolute Gasteiger partial charge is 0.399 e. The van der Waals surface area contributed by atoms with Crippen molar-refractivity contribution in [2.45, 2.75) is 13.1 Å². The highest BCUT2D eigenvalue weighted by Crippen LogP contribution is 2.27. The molecule has 1 amide bonds. The molecule has 1 aliphatic heterocycles. The minimum Gasteiger partial charge on any atom is -0.399 e. The standard InChI is InChI=1S/C15H13BrN2O/c16-14-6-5-12(17)7-13(14)15(19)18-8-10-3-1-2-4-11(10)9-18/h1-7H,8-9,17H2. The number of anilines is 1. The lowest BCUT2D eigenvalue weighted by atomic mass is 10.1. The monoisotopic (exact) mass is 316 g/mol. The first-order chi connectivity index (χ1) is 9.15. The van der Waals surface area contributed by atoms with Gasteiger partial charge in [0, 0.05) is 23.2 Å². The fraction of sp³-hybridized carbons (Fsp3) is 0.133. The van der Waals surface area contributed by atoms with Gasteiger partial charge >= 0.3 is 0 Å². The normalized spacial score (nSPS) is 13.4. The number of hydrogen-bond donors (Lipinski definition) is 1. The molecule has 0 radical (unpaired) electrons. The fourth-order valence-electron chi connectivity index (χ4n) is 2.35. The van der Waals surface area contributed by atoms with Gasteiger partial charge in [0.15, 0.2) is 0 Å². The third-order valence-corrected chi connectivity index (χ3v) is 4.04. The molecule has 3 rings (SSSR count). The predicted molar refractivity (Wildman–Crippen MR) is 78.6 cm³/mol. The van der Waals surface area contributed by atoms with Gasteiger partial charge in [-0.2, -0.15) is 0 Å². The molecule has 2 N–H and O–H groups in total. The van der Waals surface area contributed by atoms with E-state index in [0.717, 1.165) is 4.47 Å². The van der Waals surface area contributed by atoms with E-state index in [1.165, 1.54) is 11.1 Å². The summed E-state index contributed by atoms with van der Waals surface area (Å²) in [5.41, 5.74) is 9.41. The van der Waals surface area contributed by atoms with E-state index in [9.17, 15) is 4.79 Å². The summed E-state index contributed by atoms with van der Waals surface area (Å²) in [6.45, 7) is 1.33. The van der Waals surface area contributed by atoms with E-state index in [1.807, 2.05) is 23.1 Å². The van der Waals surface area contributed by atoms with E-state index in [2.05, 4.69) is 28.1 Å². The van der Waals surface area contributed by atoms with Crippen LogP contribution in [0.1, 0.15) is 21.5 Å². The van der Waals surface area contributed by atoms with Crippen LogP contribution in [0.2, 0.25) is 0 Å². The molecule has 0 bridgehead atoms. The van der Waals surface area contributed by atoms with Crippen LogP contribution in [0.15, 0.2) is 46.9 Å². The molecular weight excluding hydrogens is 304 g/mol. The molecule has 0 aromatic heterocycles. The zero-order valence-corrected chi connectivity index (χ0v) is 11.9. The van der Waals surface area contributed by atoms with Crippen molar-refractivity contribution in [1.82, 2.24) is 4.90 Å². The minimum absolute atomic E-state index is 0.00961. The molecule has 19 heavy (non-hydrogen) atoms. The van der Waals surface area contributed by atoms with Gasteiger partial charge in [0.25, 0.3) is 5.91 Å². The van der Waals surface area contributed by atoms with Crippen LogP contribution in [0.3, 0.4) is 0 Å². The van der Waals surface area contributed by atoms with Gasteiger partial charge in [-0.3, -0.25) is 4.79 Å². The molecule has 1 heterocycles. The van der Waals surface area contributed by atoms with Gasteiger partial charge in [0.2, 0.25) is 0 Å². The number of nitrogen functional groups attached to an aromatic ring is 1. The van der Waals surface area contributed by atoms with Gasteiger partial charge in [0.05, 0.1) is 5.56 Å². The zero-order valence-electron chi connectivity index (χ0n) is 10.3. The Balaban J connectivity index is 1.89. The van der Waals surface area contributed by atoms with Crippen molar-refractivity contribution in [3.8, 4) is 0 Å². The number of benzene rings is 2. The van der Waals surface area contributed by atoms with Crippen molar-refractivity contribution < 1.29 is 4.79 Å². The van der Waals surface area contributed by atoms with Crippen LogP contribution in [-0.2, 0) is 13.1 Å². The molecule has 3 nitrogen and oxygen atoms in total. The minimum atomic E-state index is 0.00961. The number of nitrogens with two attached hydrogens (primary N) is 1. The van der Waals surface area contributed by atoms with Crippen molar-refractivity contribution in [3.63, 3.8) is 0 Å². The van der Waals surface area contributed by atoms with E-state index in [0.29, 0.717) is 24.3 Å². The first-order valence-corrected chi connectivity index (χ1v) is 6.85. The molecule has 0 saturated carbocycles. The van der Waals surface area contributed by atoms with E-state index >= 15 is 0 Å². The highest BCUT2D eigenvalue weighted by molar-refractivity contribution is 9.10. The smallest absolute Gasteiger partial charge is 0.255 e. The summed E-state index contributed by atoms with van der Waals surface area (Å²) in [4.78, 5) is 14.4. The summed E-state index contributed by atoms with van der Waals surface area (Å²) in [6.07, 6.45) is 0. The van der Waals surface area contributed by atoms with Crippen LogP contribution >= 0.6 is 15.9 Å². The molecule has 96 valence electrons. The number of carbonyl (C=O) groups excluding carboxylic acids is 1. The second kappa shape index (κ2) is 4.70. The summed E-state index contributed by atoms with van der Waals surface area (Å²) in [7, 11) is 0. The lowest BCUT2D eigenvalue weighted by molar-refractivity contribution is 0.0750. The molecule has 0 fully saturated rings. The second-order valence-electron chi connectivity index (χ2n) is 4.67. The highest BCUT2D eigenvalue weighted by atomic mass is 79.9. The van der Waals surface area contributed by atoms with Gasteiger partial charge in [-0.05, 0) is 45.3 Å². The summed E-state index contributed by atoms with van der Waals surface area (Å²) in [6, 6.07) is 13.4. The SMILES string of the molecule is Nc1ccc(Br)c(C(=O)N2Cc3ccccc3C2)c1. The second-order valence-corrected chi connectivity index (χ2v) is 5.52. The van der Waals surface area contributed by atoms with Crippen molar-refractivity contribution in [2.75, 3.05) is 5.73 Å². The van der Waals surface area contributed by atoms with Gasteiger partial charge in [-0.1, -0.05) is 24.3 Å². The number of carbonyl (C=O) groups is 1. The Morgan fingerprint density at radius 1 is 1.11 bits per heavy atom. The molecule has 0 saturated heterocycles. The van der Waals surface area contributed by atoms with Gasteiger partial charge in [-0.25, -0.2) is 0 Å². The molecule has 0 aliphatic carbocycles. The Bertz CT molecular complexity index is 629. The van der Waals surface area contributed by atoms with E-state index < -0.39 is 0 Å². The number of hydrogen-bond acceptors (Lipinski definition) is 2. The Labute approximate surface area is 120 Å². The molecule has 2 aromatic carbocycles. The predicted octanol–water partition coefficient (Wildman–Crippen LogP) is 3.19. The number of nitrogens with zero attached hydrogens (tertiary/aromatic N) is 1. The lowest BCUT2D eigenvalue weighted by Crippen LogP contribution is -2.25. The average molecular weight is 317 g/mol. The number of fused-ring (bicyclic) bond motifs is 1. The third-order valence-electron chi connectivity index (χ3n) is 3.35. The van der Waals surface area contributed by atoms with Crippen molar-refractivity contribution in [1.29, 1.82) is 0 Å². The van der Waals surface area contributed by atoms with Crippen LogP contribution < -0.4 is 5.73 Å². The first-order valence-electron chi connectivity index (χ1n) is 6.06. The summed E-state index contributed by atoms with van der Waals surface area (Å²) in [5.74, 6) is 0.00961. The highest BCUT2D eigenvalue weighted by Gasteiger charge is 2.25. The van der Waals surface area contributed by atoms with Crippen molar-refractivity contribution >= 4 is 27.5 Å². The van der Waals surface area contributed by atoms with E-state index in [1.54, 1.807) is 12.1 Å². The molecule has 1 aliphatic rings. The molecule has 0 spiro atoms. The van der Waals surface area contributed by atoms with Gasteiger partial charge in [0.1, 0.15) is 0 Å². The quantitative estimate of drug-likeness (QED) is 0.821. The number of amides is 1. The van der Waals surface area contributed by atoms with E-state index in [4.69, 9.17) is 5.73 Å². The van der Waals surface area contributed by atoms with E-state index in [-0.39, 0.29) is 5.91 Å². The maximum Gasteiger partial charge on any atom is 0.255 e. The maximum absolute atomic E-state index is 12.5. The zero-order chi connectivity index (χ0) is 13.4. The Kier molecular flexibility index (Phi) is 3.03. The molecule has 4 heteroatoms. The van der Waals surface area contributed by atoms with Crippen LogP contribution in [0.5, 0.6) is 0 Å². The van der Waals surface area contributed by atoms with Crippen LogP contribution in [0.25, 0.3) is 0 Å². The lowest BCUT2D eigenvalue weighted by Gasteiger charge is -2.16. The molecule has 0 unspecified atom stereocenters. The molecule has 0 atom stereocenters. The Morgan fingerprint density at radius 2 is 1.74 bits per heavy atom. The van der Waals surface area contributed by atoms with Crippen LogP contribution in [-0.4, -0.2) is 10.8 Å². The summed E-state index contributed by atoms with van der Waals surface area (Å²) < 4.78 is 0.780. The fourth-order valence-corrected chi connectivity index (χ4v) is 2.77. The van der Waals surface area contributed by atoms with Crippen LogP contribution in [0.4, 0.5) is 5.69 Å². The number of rotatable bonds is 1. The average Bonchev–Trinajstić information content (AvgIpc) is 2.84. The Hall–Kier alpha value is -1.81. The number of halogens is 1.